The molecule has 0 amide bonds. The van der Waals surface area contributed by atoms with Crippen LogP contribution in [0.5, 0.6) is 0 Å². The first-order chi connectivity index (χ1) is 5.49. The van der Waals surface area contributed by atoms with Gasteiger partial charge in [-0.3, -0.25) is 9.59 Å². The molecular weight excluding hydrogens is 220 g/mol. The highest BCUT2D eigenvalue weighted by Gasteiger charge is 2.10. The lowest BCUT2D eigenvalue weighted by atomic mass is 10.1. The van der Waals surface area contributed by atoms with Crippen molar-refractivity contribution in [3.63, 3.8) is 0 Å². The van der Waals surface area contributed by atoms with Gasteiger partial charge in [0.1, 0.15) is 0 Å². The summed E-state index contributed by atoms with van der Waals surface area (Å²) in [7, 11) is 0. The molecule has 0 aliphatic rings. The lowest BCUT2D eigenvalue weighted by molar-refractivity contribution is -0.119. The number of hydrogen-bond acceptors (Lipinski definition) is 2. The van der Waals surface area contributed by atoms with Crippen LogP contribution in [0.15, 0.2) is 11.6 Å². The van der Waals surface area contributed by atoms with Gasteiger partial charge in [0.2, 0.25) is 0 Å². The summed E-state index contributed by atoms with van der Waals surface area (Å²) in [5.74, 6) is -0.333. The van der Waals surface area contributed by atoms with E-state index in [1.54, 1.807) is 6.08 Å². The van der Waals surface area contributed by atoms with E-state index < -0.39 is 0 Å². The highest BCUT2D eigenvalue weighted by Crippen LogP contribution is 2.10. The highest BCUT2D eigenvalue weighted by atomic mass is 79.9. The van der Waals surface area contributed by atoms with E-state index in [1.807, 2.05) is 6.92 Å². The average Bonchev–Trinajstić information content (AvgIpc) is 1.98. The number of alkyl halides is 1. The first kappa shape index (κ1) is 11.6. The summed E-state index contributed by atoms with van der Waals surface area (Å²) >= 11 is 3.33. The van der Waals surface area contributed by atoms with Gasteiger partial charge in [0.05, 0.1) is 5.57 Å². The maximum Gasteiger partial charge on any atom is 0.163 e. The number of Topliss-reactive ketones (excluding diaryl/α,β-unsaturated/α-hetero) is 2. The van der Waals surface area contributed by atoms with E-state index >= 15 is 0 Å². The van der Waals surface area contributed by atoms with E-state index in [0.717, 1.165) is 6.42 Å². The number of carbonyl (C=O) groups is 2. The number of halogens is 1. The van der Waals surface area contributed by atoms with E-state index in [9.17, 15) is 9.59 Å². The Morgan fingerprint density at radius 2 is 1.75 bits per heavy atom. The van der Waals surface area contributed by atoms with Gasteiger partial charge in [-0.05, 0) is 20.3 Å². The molecule has 0 saturated heterocycles. The maximum absolute atomic E-state index is 10.9. The van der Waals surface area contributed by atoms with Crippen LogP contribution < -0.4 is 0 Å². The minimum absolute atomic E-state index is 0.111. The van der Waals surface area contributed by atoms with Crippen LogP contribution >= 0.6 is 15.9 Å². The number of ketones is 2. The molecule has 12 heavy (non-hydrogen) atoms. The van der Waals surface area contributed by atoms with Crippen molar-refractivity contribution in [3.8, 4) is 0 Å². The van der Waals surface area contributed by atoms with Gasteiger partial charge in [0.15, 0.2) is 11.6 Å². The number of hydrogen-bond donors (Lipinski definition) is 0. The smallest absolute Gasteiger partial charge is 0.163 e. The van der Waals surface area contributed by atoms with E-state index in [4.69, 9.17) is 0 Å². The van der Waals surface area contributed by atoms with Crippen LogP contribution in [0.2, 0.25) is 0 Å². The van der Waals surface area contributed by atoms with Crippen molar-refractivity contribution in [1.29, 1.82) is 0 Å². The SMILES string of the molecule is CCC(Br)C=C(C(C)=O)C(C)=O. The van der Waals surface area contributed by atoms with Crippen LogP contribution in [-0.2, 0) is 9.59 Å². The van der Waals surface area contributed by atoms with Gasteiger partial charge in [0.25, 0.3) is 0 Å². The van der Waals surface area contributed by atoms with E-state index in [-0.39, 0.29) is 16.4 Å². The standard InChI is InChI=1S/C9H13BrO2/c1-4-8(10)5-9(6(2)11)7(3)12/h5,8H,4H2,1-3H3. The molecule has 0 heterocycles. The van der Waals surface area contributed by atoms with Crippen molar-refractivity contribution in [2.45, 2.75) is 32.0 Å². The van der Waals surface area contributed by atoms with E-state index in [1.165, 1.54) is 13.8 Å². The second kappa shape index (κ2) is 5.25. The average molecular weight is 233 g/mol. The molecule has 0 spiro atoms. The molecule has 3 heteroatoms. The summed E-state index contributed by atoms with van der Waals surface area (Å²) in [5.41, 5.74) is 0.290. The Morgan fingerprint density at radius 3 is 2.00 bits per heavy atom. The summed E-state index contributed by atoms with van der Waals surface area (Å²) in [6.45, 7) is 4.79. The van der Waals surface area contributed by atoms with Gasteiger partial charge < -0.3 is 0 Å². The van der Waals surface area contributed by atoms with Gasteiger partial charge in [-0.1, -0.05) is 28.9 Å². The second-order valence-electron chi connectivity index (χ2n) is 2.62. The Kier molecular flexibility index (Phi) is 5.06. The highest BCUT2D eigenvalue weighted by molar-refractivity contribution is 9.09. The molecule has 1 atom stereocenters. The summed E-state index contributed by atoms with van der Waals surface area (Å²) < 4.78 is 0. The Hall–Kier alpha value is -0.440. The van der Waals surface area contributed by atoms with Gasteiger partial charge >= 0.3 is 0 Å². The number of rotatable bonds is 4. The van der Waals surface area contributed by atoms with Crippen molar-refractivity contribution in [2.24, 2.45) is 0 Å². The van der Waals surface area contributed by atoms with Crippen molar-refractivity contribution in [1.82, 2.24) is 0 Å². The fourth-order valence-corrected chi connectivity index (χ4v) is 1.05. The van der Waals surface area contributed by atoms with Crippen LogP contribution in [0.25, 0.3) is 0 Å². The monoisotopic (exact) mass is 232 g/mol. The molecule has 0 aromatic heterocycles. The first-order valence-electron chi connectivity index (χ1n) is 3.86. The molecule has 0 N–H and O–H groups in total. The predicted octanol–water partition coefficient (Wildman–Crippen LogP) is 2.26. The van der Waals surface area contributed by atoms with Crippen molar-refractivity contribution in [2.75, 3.05) is 0 Å². The molecule has 0 bridgehead atoms. The Bertz CT molecular complexity index is 203. The summed E-state index contributed by atoms with van der Waals surface area (Å²) in [6.07, 6.45) is 2.54. The molecule has 0 aliphatic heterocycles. The van der Waals surface area contributed by atoms with Crippen LogP contribution in [0.3, 0.4) is 0 Å². The lowest BCUT2D eigenvalue weighted by Gasteiger charge is -2.02. The minimum Gasteiger partial charge on any atom is -0.294 e. The molecule has 68 valence electrons. The largest absolute Gasteiger partial charge is 0.294 e. The summed E-state index contributed by atoms with van der Waals surface area (Å²) in [4.78, 5) is 22.0. The van der Waals surface area contributed by atoms with Gasteiger partial charge in [0, 0.05) is 4.83 Å². The number of carbonyl (C=O) groups excluding carboxylic acids is 2. The van der Waals surface area contributed by atoms with Crippen molar-refractivity contribution < 1.29 is 9.59 Å². The molecule has 0 fully saturated rings. The zero-order valence-corrected chi connectivity index (χ0v) is 9.14. The molecule has 0 radical (unpaired) electrons. The molecule has 0 aromatic rings. The van der Waals surface area contributed by atoms with Gasteiger partial charge in [-0.15, -0.1) is 0 Å². The third-order valence-electron chi connectivity index (χ3n) is 1.50. The zero-order chi connectivity index (χ0) is 9.72. The number of allylic oxidation sites excluding steroid dienone is 2. The molecule has 0 saturated carbocycles. The quantitative estimate of drug-likeness (QED) is 0.323. The fourth-order valence-electron chi connectivity index (χ4n) is 0.781. The van der Waals surface area contributed by atoms with Gasteiger partial charge in [-0.2, -0.15) is 0 Å². The predicted molar refractivity (Wildman–Crippen MR) is 52.5 cm³/mol. The van der Waals surface area contributed by atoms with Crippen LogP contribution in [0, 0.1) is 0 Å². The topological polar surface area (TPSA) is 34.1 Å². The van der Waals surface area contributed by atoms with Crippen molar-refractivity contribution >= 4 is 27.5 Å². The van der Waals surface area contributed by atoms with E-state index in [0.29, 0.717) is 5.57 Å². The molecule has 1 unspecified atom stereocenters. The van der Waals surface area contributed by atoms with Crippen LogP contribution in [-0.4, -0.2) is 16.4 Å². The fraction of sp³-hybridized carbons (Fsp3) is 0.556. The normalized spacial score (nSPS) is 12.0. The Labute approximate surface area is 81.2 Å². The zero-order valence-electron chi connectivity index (χ0n) is 7.56. The Balaban J connectivity index is 4.61. The first-order valence-corrected chi connectivity index (χ1v) is 4.78. The molecule has 0 aliphatic carbocycles. The Morgan fingerprint density at radius 1 is 1.33 bits per heavy atom. The van der Waals surface area contributed by atoms with Gasteiger partial charge in [-0.25, -0.2) is 0 Å². The van der Waals surface area contributed by atoms with Crippen LogP contribution in [0.1, 0.15) is 27.2 Å². The van der Waals surface area contributed by atoms with E-state index in [2.05, 4.69) is 15.9 Å². The minimum atomic E-state index is -0.166. The maximum atomic E-state index is 10.9. The molecule has 0 aromatic carbocycles. The van der Waals surface area contributed by atoms with Crippen LogP contribution in [0.4, 0.5) is 0 Å². The molecule has 0 rings (SSSR count). The lowest BCUT2D eigenvalue weighted by Crippen LogP contribution is -2.08. The molecule has 2 nitrogen and oxygen atoms in total. The van der Waals surface area contributed by atoms with Crippen molar-refractivity contribution in [3.05, 3.63) is 11.6 Å². The summed E-state index contributed by atoms with van der Waals surface area (Å²) in [6, 6.07) is 0. The third-order valence-corrected chi connectivity index (χ3v) is 2.41. The third kappa shape index (κ3) is 3.81. The molecular formula is C9H13BrO2. The second-order valence-corrected chi connectivity index (χ2v) is 3.79. The summed E-state index contributed by atoms with van der Waals surface area (Å²) in [5, 5.41) is 0.